The molecule has 0 amide bonds. The van der Waals surface area contributed by atoms with Crippen molar-refractivity contribution in [2.45, 2.75) is 39.5 Å². The maximum atomic E-state index is 6.06. The molecule has 2 aromatic rings. The smallest absolute Gasteiger partial charge is 0.142 e. The lowest BCUT2D eigenvalue weighted by atomic mass is 10.1. The molecule has 0 unspecified atom stereocenters. The third kappa shape index (κ3) is 3.51. The predicted octanol–water partition coefficient (Wildman–Crippen LogP) is 4.69. The summed E-state index contributed by atoms with van der Waals surface area (Å²) in [4.78, 5) is 4.65. The number of hydrogen-bond donors (Lipinski definition) is 1. The summed E-state index contributed by atoms with van der Waals surface area (Å²) in [5.74, 6) is 1.23. The molecule has 0 fully saturated rings. The van der Waals surface area contributed by atoms with Crippen molar-refractivity contribution >= 4 is 17.0 Å². The molecule has 2 N–H and O–H groups in total. The molecule has 3 nitrogen and oxygen atoms in total. The van der Waals surface area contributed by atoms with Gasteiger partial charge in [0.2, 0.25) is 0 Å². The van der Waals surface area contributed by atoms with Crippen LogP contribution in [0.15, 0.2) is 23.6 Å². The third-order valence-corrected chi connectivity index (χ3v) is 4.22. The van der Waals surface area contributed by atoms with Gasteiger partial charge in [0.25, 0.3) is 0 Å². The van der Waals surface area contributed by atoms with E-state index in [4.69, 9.17) is 10.5 Å². The van der Waals surface area contributed by atoms with E-state index in [1.54, 1.807) is 11.3 Å². The summed E-state index contributed by atoms with van der Waals surface area (Å²) < 4.78 is 5.67. The van der Waals surface area contributed by atoms with Gasteiger partial charge in [0.05, 0.1) is 23.0 Å². The van der Waals surface area contributed by atoms with Crippen LogP contribution in [-0.2, 0) is 0 Å². The molecule has 0 spiro atoms. The van der Waals surface area contributed by atoms with E-state index in [0.717, 1.165) is 34.9 Å². The number of benzene rings is 1. The van der Waals surface area contributed by atoms with Crippen molar-refractivity contribution in [1.29, 1.82) is 0 Å². The van der Waals surface area contributed by atoms with Crippen LogP contribution in [0.5, 0.6) is 5.75 Å². The highest BCUT2D eigenvalue weighted by Gasteiger charge is 2.09. The normalized spacial score (nSPS) is 11.0. The first-order valence-electron chi connectivity index (χ1n) is 7.10. The number of nitrogen functional groups attached to an aromatic ring is 1. The summed E-state index contributed by atoms with van der Waals surface area (Å²) in [6.45, 7) is 7.17. The minimum absolute atomic E-state index is 0.461. The fourth-order valence-corrected chi connectivity index (χ4v) is 2.70. The number of anilines is 1. The molecule has 0 atom stereocenters. The zero-order valence-corrected chi connectivity index (χ0v) is 13.2. The second-order valence-electron chi connectivity index (χ2n) is 5.18. The van der Waals surface area contributed by atoms with E-state index in [1.807, 2.05) is 18.2 Å². The standard InChI is InChI=1S/C16H22N2OS/c1-4-5-8-19-15-7-6-12(9-13(15)17)14-10-20-16(18-14)11(2)3/h6-7,9-11H,4-5,8,17H2,1-3H3. The van der Waals surface area contributed by atoms with Crippen LogP contribution in [0.3, 0.4) is 0 Å². The Morgan fingerprint density at radius 3 is 2.75 bits per heavy atom. The zero-order valence-electron chi connectivity index (χ0n) is 12.3. The molecule has 108 valence electrons. The first-order valence-corrected chi connectivity index (χ1v) is 7.98. The lowest BCUT2D eigenvalue weighted by molar-refractivity contribution is 0.311. The molecule has 2 rings (SSSR count). The summed E-state index contributed by atoms with van der Waals surface area (Å²) in [6, 6.07) is 5.91. The maximum absolute atomic E-state index is 6.06. The van der Waals surface area contributed by atoms with Gasteiger partial charge in [0.1, 0.15) is 5.75 Å². The molecule has 0 radical (unpaired) electrons. The molecule has 0 saturated heterocycles. The average molecular weight is 290 g/mol. The third-order valence-electron chi connectivity index (χ3n) is 3.08. The highest BCUT2D eigenvalue weighted by atomic mass is 32.1. The minimum atomic E-state index is 0.461. The minimum Gasteiger partial charge on any atom is -0.491 e. The molecule has 0 bridgehead atoms. The SMILES string of the molecule is CCCCOc1ccc(-c2csc(C(C)C)n2)cc1N. The number of nitrogens with zero attached hydrogens (tertiary/aromatic N) is 1. The Morgan fingerprint density at radius 1 is 1.35 bits per heavy atom. The quantitative estimate of drug-likeness (QED) is 0.620. The van der Waals surface area contributed by atoms with Crippen LogP contribution in [0.2, 0.25) is 0 Å². The van der Waals surface area contributed by atoms with Crippen molar-refractivity contribution in [2.24, 2.45) is 0 Å². The lowest BCUT2D eigenvalue weighted by Gasteiger charge is -2.09. The van der Waals surface area contributed by atoms with Crippen molar-refractivity contribution in [3.63, 3.8) is 0 Å². The van der Waals surface area contributed by atoms with E-state index in [1.165, 1.54) is 0 Å². The van der Waals surface area contributed by atoms with E-state index in [-0.39, 0.29) is 0 Å². The second-order valence-corrected chi connectivity index (χ2v) is 6.07. The largest absolute Gasteiger partial charge is 0.491 e. The number of thiazole rings is 1. The number of ether oxygens (including phenoxy) is 1. The molecule has 0 aliphatic rings. The number of unbranched alkanes of at least 4 members (excludes halogenated alkanes) is 1. The van der Waals surface area contributed by atoms with E-state index < -0.39 is 0 Å². The first kappa shape index (κ1) is 14.9. The van der Waals surface area contributed by atoms with Gasteiger partial charge < -0.3 is 10.5 Å². The van der Waals surface area contributed by atoms with Crippen LogP contribution >= 0.6 is 11.3 Å². The molecular weight excluding hydrogens is 268 g/mol. The lowest BCUT2D eigenvalue weighted by Crippen LogP contribution is -2.00. The predicted molar refractivity (Wildman–Crippen MR) is 86.5 cm³/mol. The Labute approximate surface area is 124 Å². The summed E-state index contributed by atoms with van der Waals surface area (Å²) in [7, 11) is 0. The van der Waals surface area contributed by atoms with Gasteiger partial charge in [-0.1, -0.05) is 27.2 Å². The van der Waals surface area contributed by atoms with Crippen LogP contribution in [0.4, 0.5) is 5.69 Å². The van der Waals surface area contributed by atoms with E-state index in [2.05, 4.69) is 31.1 Å². The Bertz CT molecular complexity index is 563. The molecule has 1 heterocycles. The zero-order chi connectivity index (χ0) is 14.5. The van der Waals surface area contributed by atoms with Crippen LogP contribution in [0, 0.1) is 0 Å². The fourth-order valence-electron chi connectivity index (χ4n) is 1.85. The summed E-state index contributed by atoms with van der Waals surface area (Å²) in [5, 5.41) is 3.24. The second kappa shape index (κ2) is 6.75. The van der Waals surface area contributed by atoms with Gasteiger partial charge in [-0.05, 0) is 24.6 Å². The molecule has 1 aromatic heterocycles. The number of hydrogen-bond acceptors (Lipinski definition) is 4. The molecule has 20 heavy (non-hydrogen) atoms. The van der Waals surface area contributed by atoms with Crippen molar-refractivity contribution in [1.82, 2.24) is 4.98 Å². The van der Waals surface area contributed by atoms with E-state index in [9.17, 15) is 0 Å². The molecule has 1 aromatic carbocycles. The number of nitrogens with two attached hydrogens (primary N) is 1. The topological polar surface area (TPSA) is 48.1 Å². The van der Waals surface area contributed by atoms with Gasteiger partial charge in [-0.25, -0.2) is 4.98 Å². The van der Waals surface area contributed by atoms with Crippen LogP contribution in [0.25, 0.3) is 11.3 Å². The van der Waals surface area contributed by atoms with Gasteiger partial charge in [-0.2, -0.15) is 0 Å². The van der Waals surface area contributed by atoms with Crippen LogP contribution < -0.4 is 10.5 Å². The van der Waals surface area contributed by atoms with Gasteiger partial charge in [0.15, 0.2) is 0 Å². The fraction of sp³-hybridized carbons (Fsp3) is 0.438. The van der Waals surface area contributed by atoms with Crippen LogP contribution in [-0.4, -0.2) is 11.6 Å². The van der Waals surface area contributed by atoms with Gasteiger partial charge in [0, 0.05) is 16.9 Å². The Hall–Kier alpha value is -1.55. The summed E-state index contributed by atoms with van der Waals surface area (Å²) in [5.41, 5.74) is 8.78. The molecule has 0 aliphatic heterocycles. The summed E-state index contributed by atoms with van der Waals surface area (Å²) >= 11 is 1.70. The molecule has 0 saturated carbocycles. The summed E-state index contributed by atoms with van der Waals surface area (Å²) in [6.07, 6.45) is 2.17. The molecular formula is C16H22N2OS. The first-order chi connectivity index (χ1) is 9.61. The van der Waals surface area contributed by atoms with Crippen molar-refractivity contribution in [2.75, 3.05) is 12.3 Å². The Morgan fingerprint density at radius 2 is 2.15 bits per heavy atom. The highest BCUT2D eigenvalue weighted by molar-refractivity contribution is 7.10. The monoisotopic (exact) mass is 290 g/mol. The van der Waals surface area contributed by atoms with Gasteiger partial charge in [-0.3, -0.25) is 0 Å². The van der Waals surface area contributed by atoms with Crippen molar-refractivity contribution in [3.8, 4) is 17.0 Å². The van der Waals surface area contributed by atoms with E-state index >= 15 is 0 Å². The molecule has 0 aliphatic carbocycles. The van der Waals surface area contributed by atoms with Crippen molar-refractivity contribution < 1.29 is 4.74 Å². The number of rotatable bonds is 6. The number of aromatic nitrogens is 1. The maximum Gasteiger partial charge on any atom is 0.142 e. The Balaban J connectivity index is 2.15. The van der Waals surface area contributed by atoms with Crippen molar-refractivity contribution in [3.05, 3.63) is 28.6 Å². The van der Waals surface area contributed by atoms with Gasteiger partial charge in [-0.15, -0.1) is 11.3 Å². The Kier molecular flexibility index (Phi) is 5.01. The van der Waals surface area contributed by atoms with E-state index in [0.29, 0.717) is 18.2 Å². The molecule has 4 heteroatoms. The average Bonchev–Trinajstić information content (AvgIpc) is 2.90. The van der Waals surface area contributed by atoms with Gasteiger partial charge >= 0.3 is 0 Å². The van der Waals surface area contributed by atoms with Crippen LogP contribution in [0.1, 0.15) is 44.5 Å². The highest BCUT2D eigenvalue weighted by Crippen LogP contribution is 2.31.